The molecule has 2 aliphatic heterocycles. The predicted molar refractivity (Wildman–Crippen MR) is 71.8 cm³/mol. The summed E-state index contributed by atoms with van der Waals surface area (Å²) in [4.78, 5) is 0. The lowest BCUT2D eigenvalue weighted by atomic mass is 9.92. The fourth-order valence-electron chi connectivity index (χ4n) is 2.69. The first-order valence-electron chi connectivity index (χ1n) is 7.40. The minimum atomic E-state index is -1.61. The van der Waals surface area contributed by atoms with Crippen LogP contribution in [-0.2, 0) is 14.2 Å². The van der Waals surface area contributed by atoms with E-state index in [1.807, 2.05) is 0 Å². The highest BCUT2D eigenvalue weighted by Gasteiger charge is 2.48. The van der Waals surface area contributed by atoms with Gasteiger partial charge in [0.05, 0.1) is 19.3 Å². The minimum absolute atomic E-state index is 0.556. The van der Waals surface area contributed by atoms with E-state index in [1.54, 1.807) is 0 Å². The highest BCUT2D eigenvalue weighted by molar-refractivity contribution is 4.91. The summed E-state index contributed by atoms with van der Waals surface area (Å²) in [6.45, 7) is 0.363. The Balaban J connectivity index is 2.07. The third kappa shape index (κ3) is 3.66. The van der Waals surface area contributed by atoms with E-state index >= 15 is 0 Å². The van der Waals surface area contributed by atoms with Gasteiger partial charge >= 0.3 is 0 Å². The van der Waals surface area contributed by atoms with Gasteiger partial charge in [0, 0.05) is 5.92 Å². The average molecular weight is 340 g/mol. The molecule has 2 aliphatic rings. The topological polar surface area (TPSA) is 169 Å². The van der Waals surface area contributed by atoms with Crippen molar-refractivity contribution in [1.82, 2.24) is 0 Å². The second-order valence-corrected chi connectivity index (χ2v) is 5.90. The molecule has 0 aromatic heterocycles. The second-order valence-electron chi connectivity index (χ2n) is 5.90. The molecule has 0 aliphatic carbocycles. The lowest BCUT2D eigenvalue weighted by Crippen LogP contribution is -2.62. The smallest absolute Gasteiger partial charge is 0.189 e. The first-order chi connectivity index (χ1) is 10.8. The van der Waals surface area contributed by atoms with Crippen LogP contribution in [0.25, 0.3) is 0 Å². The Morgan fingerprint density at radius 3 is 1.70 bits per heavy atom. The summed E-state index contributed by atoms with van der Waals surface area (Å²) in [6.07, 6.45) is -12.1. The molecule has 2 fully saturated rings. The Hall–Kier alpha value is -0.400. The van der Waals surface area contributed by atoms with Crippen molar-refractivity contribution in [3.05, 3.63) is 0 Å². The van der Waals surface area contributed by atoms with Gasteiger partial charge in [-0.1, -0.05) is 6.92 Å². The SMILES string of the molecule is C[C@@H]1[C@H](O[C@H]2O[C@H](CO)[C@@H](O)[C@H](O)[C@H]2O)O[C@@H](CO)[C@H](O)[C@H]1O. The number of hydrogen-bond donors (Lipinski definition) is 7. The first kappa shape index (κ1) is 18.9. The largest absolute Gasteiger partial charge is 0.394 e. The molecule has 136 valence electrons. The summed E-state index contributed by atoms with van der Waals surface area (Å²) in [5.74, 6) is -0.722. The quantitative estimate of drug-likeness (QED) is 0.267. The zero-order chi connectivity index (χ0) is 17.3. The minimum Gasteiger partial charge on any atom is -0.394 e. The maximum absolute atomic E-state index is 9.95. The van der Waals surface area contributed by atoms with Gasteiger partial charge in [0.15, 0.2) is 12.6 Å². The van der Waals surface area contributed by atoms with Gasteiger partial charge in [0.2, 0.25) is 0 Å². The van der Waals surface area contributed by atoms with Crippen molar-refractivity contribution in [2.75, 3.05) is 13.2 Å². The lowest BCUT2D eigenvalue weighted by molar-refractivity contribution is -0.369. The molecule has 23 heavy (non-hydrogen) atoms. The molecule has 2 rings (SSSR count). The Morgan fingerprint density at radius 1 is 0.696 bits per heavy atom. The Labute approximate surface area is 132 Å². The van der Waals surface area contributed by atoms with Crippen molar-refractivity contribution in [2.45, 2.75) is 62.2 Å². The number of ether oxygens (including phenoxy) is 3. The van der Waals surface area contributed by atoms with Gasteiger partial charge in [0.1, 0.15) is 36.6 Å². The summed E-state index contributed by atoms with van der Waals surface area (Å²) in [6, 6.07) is 0. The van der Waals surface area contributed by atoms with Gasteiger partial charge in [-0.25, -0.2) is 0 Å². The van der Waals surface area contributed by atoms with E-state index in [9.17, 15) is 25.5 Å². The molecule has 10 heteroatoms. The summed E-state index contributed by atoms with van der Waals surface area (Å²) in [5, 5.41) is 67.3. The van der Waals surface area contributed by atoms with Crippen molar-refractivity contribution in [1.29, 1.82) is 0 Å². The zero-order valence-electron chi connectivity index (χ0n) is 12.5. The van der Waals surface area contributed by atoms with E-state index < -0.39 is 74.4 Å². The Bertz CT molecular complexity index is 344. The Kier molecular flexibility index (Phi) is 6.30. The van der Waals surface area contributed by atoms with Crippen molar-refractivity contribution in [2.24, 2.45) is 5.92 Å². The lowest BCUT2D eigenvalue weighted by Gasteiger charge is -2.45. The number of aliphatic hydroxyl groups is 7. The second kappa shape index (κ2) is 7.66. The van der Waals surface area contributed by atoms with Crippen LogP contribution in [-0.4, -0.2) is 104 Å². The van der Waals surface area contributed by atoms with Crippen LogP contribution in [0.4, 0.5) is 0 Å². The number of aliphatic hydroxyl groups excluding tert-OH is 7. The van der Waals surface area contributed by atoms with Crippen LogP contribution in [0.3, 0.4) is 0 Å². The van der Waals surface area contributed by atoms with Crippen molar-refractivity contribution >= 4 is 0 Å². The molecule has 2 heterocycles. The van der Waals surface area contributed by atoms with Gasteiger partial charge in [-0.3, -0.25) is 0 Å². The van der Waals surface area contributed by atoms with Gasteiger partial charge in [-0.15, -0.1) is 0 Å². The van der Waals surface area contributed by atoms with E-state index in [2.05, 4.69) is 0 Å². The van der Waals surface area contributed by atoms with E-state index in [4.69, 9.17) is 24.4 Å². The molecule has 0 amide bonds. The summed E-state index contributed by atoms with van der Waals surface area (Å²) in [5.41, 5.74) is 0. The van der Waals surface area contributed by atoms with E-state index in [0.29, 0.717) is 0 Å². The molecule has 2 saturated heterocycles. The van der Waals surface area contributed by atoms with Crippen LogP contribution in [0.1, 0.15) is 6.92 Å². The highest BCUT2D eigenvalue weighted by atomic mass is 16.8. The number of rotatable bonds is 4. The normalized spacial score (nSPS) is 51.7. The molecular weight excluding hydrogens is 316 g/mol. The van der Waals surface area contributed by atoms with E-state index in [1.165, 1.54) is 6.92 Å². The van der Waals surface area contributed by atoms with E-state index in [-0.39, 0.29) is 0 Å². The first-order valence-corrected chi connectivity index (χ1v) is 7.40. The standard InChI is InChI=1S/C13H24O10/c1-4-7(16)8(17)5(2-14)21-12(4)23-13-11(20)10(19)9(18)6(3-15)22-13/h4-20H,2-3H2,1H3/t4-,5-,6+,7-,8-,9+,10-,11+,12-,13+/m0/s1. The van der Waals surface area contributed by atoms with Crippen LogP contribution >= 0.6 is 0 Å². The van der Waals surface area contributed by atoms with Gasteiger partial charge in [0.25, 0.3) is 0 Å². The van der Waals surface area contributed by atoms with Crippen LogP contribution in [0.15, 0.2) is 0 Å². The molecule has 0 bridgehead atoms. The molecule has 0 saturated carbocycles. The third-order valence-corrected chi connectivity index (χ3v) is 4.30. The molecule has 0 aromatic carbocycles. The monoisotopic (exact) mass is 340 g/mol. The van der Waals surface area contributed by atoms with Gasteiger partial charge in [-0.05, 0) is 0 Å². The van der Waals surface area contributed by atoms with Gasteiger partial charge in [-0.2, -0.15) is 0 Å². The summed E-state index contributed by atoms with van der Waals surface area (Å²) in [7, 11) is 0. The van der Waals surface area contributed by atoms with Crippen LogP contribution < -0.4 is 0 Å². The fraction of sp³-hybridized carbons (Fsp3) is 1.00. The van der Waals surface area contributed by atoms with E-state index in [0.717, 1.165) is 0 Å². The molecule has 10 nitrogen and oxygen atoms in total. The Morgan fingerprint density at radius 2 is 1.17 bits per heavy atom. The molecule has 0 radical (unpaired) electrons. The van der Waals surface area contributed by atoms with Crippen LogP contribution in [0, 0.1) is 5.92 Å². The van der Waals surface area contributed by atoms with Gasteiger partial charge < -0.3 is 50.0 Å². The molecule has 0 aromatic rings. The third-order valence-electron chi connectivity index (χ3n) is 4.30. The molecule has 10 atom stereocenters. The molecule has 0 unspecified atom stereocenters. The van der Waals surface area contributed by atoms with Crippen LogP contribution in [0.5, 0.6) is 0 Å². The molecular formula is C13H24O10. The van der Waals surface area contributed by atoms with Crippen molar-refractivity contribution in [3.63, 3.8) is 0 Å². The fourth-order valence-corrected chi connectivity index (χ4v) is 2.69. The van der Waals surface area contributed by atoms with Crippen molar-refractivity contribution < 1.29 is 50.0 Å². The maximum Gasteiger partial charge on any atom is 0.189 e. The van der Waals surface area contributed by atoms with Crippen molar-refractivity contribution in [3.8, 4) is 0 Å². The van der Waals surface area contributed by atoms with Crippen LogP contribution in [0.2, 0.25) is 0 Å². The zero-order valence-corrected chi connectivity index (χ0v) is 12.5. The predicted octanol–water partition coefficient (Wildman–Crippen LogP) is -4.12. The number of hydrogen-bond acceptors (Lipinski definition) is 10. The summed E-state index contributed by atoms with van der Waals surface area (Å²) >= 11 is 0. The average Bonchev–Trinajstić information content (AvgIpc) is 2.55. The molecule has 0 spiro atoms. The maximum atomic E-state index is 9.95. The summed E-state index contributed by atoms with van der Waals surface area (Å²) < 4.78 is 15.9. The molecule has 7 N–H and O–H groups in total. The highest BCUT2D eigenvalue weighted by Crippen LogP contribution is 2.30.